The van der Waals surface area contributed by atoms with Gasteiger partial charge in [-0.15, -0.1) is 0 Å². The molecule has 0 spiro atoms. The second-order valence-corrected chi connectivity index (χ2v) is 14.5. The van der Waals surface area contributed by atoms with Gasteiger partial charge in [0, 0.05) is 6.42 Å². The van der Waals surface area contributed by atoms with Gasteiger partial charge in [-0.05, 0) is 0 Å². The lowest BCUT2D eigenvalue weighted by atomic mass is 10.1. The minimum atomic E-state index is -5.22. The molecule has 272 valence electrons. The first-order valence-electron chi connectivity index (χ1n) is 14.2. The molecule has 0 aliphatic carbocycles. The van der Waals surface area contributed by atoms with Crippen LogP contribution in [0.15, 0.2) is 22.2 Å². The molecule has 0 bridgehead atoms. The Morgan fingerprint density at radius 1 is 0.860 bits per heavy atom. The first kappa shape index (κ1) is 35.1. The van der Waals surface area contributed by atoms with Gasteiger partial charge < -0.3 is 50.1 Å². The highest BCUT2D eigenvalue weighted by molar-refractivity contribution is 7.47. The summed E-state index contributed by atoms with van der Waals surface area (Å²) in [6, 6.07) is 0. The summed E-state index contributed by atoms with van der Waals surface area (Å²) in [5.41, 5.74) is 9.23. The van der Waals surface area contributed by atoms with Crippen molar-refractivity contribution in [1.29, 1.82) is 0 Å². The van der Waals surface area contributed by atoms with Crippen LogP contribution in [0.1, 0.15) is 18.9 Å². The predicted molar refractivity (Wildman–Crippen MR) is 161 cm³/mol. The number of aliphatic hydroxyl groups excluding tert-OH is 1. The fourth-order valence-electron chi connectivity index (χ4n) is 5.81. The number of aromatic amines is 2. The zero-order valence-corrected chi connectivity index (χ0v) is 27.5. The number of aromatic nitrogens is 8. The van der Waals surface area contributed by atoms with Crippen LogP contribution in [0.5, 0.6) is 0 Å². The number of nitrogen functional groups attached to an aromatic ring is 2. The van der Waals surface area contributed by atoms with E-state index in [2.05, 4.69) is 29.9 Å². The fourth-order valence-corrected chi connectivity index (χ4v) is 8.17. The summed E-state index contributed by atoms with van der Waals surface area (Å²) in [6.45, 7) is -1.57. The highest BCUT2D eigenvalue weighted by atomic mass is 31.2. The van der Waals surface area contributed by atoms with Gasteiger partial charge in [-0.2, -0.15) is 9.97 Å². The van der Waals surface area contributed by atoms with Crippen LogP contribution in [0.4, 0.5) is 11.9 Å². The van der Waals surface area contributed by atoms with Crippen molar-refractivity contribution in [2.24, 2.45) is 0 Å². The number of imidazole rings is 2. The van der Waals surface area contributed by atoms with Crippen LogP contribution < -0.4 is 22.6 Å². The number of aliphatic hydroxyl groups is 1. The number of nitrogens with one attached hydrogen (secondary N) is 2. The van der Waals surface area contributed by atoms with Gasteiger partial charge >= 0.3 is 24.2 Å². The molecule has 0 amide bonds. The second kappa shape index (κ2) is 13.0. The number of ether oxygens (including phenoxy) is 2. The van der Waals surface area contributed by atoms with E-state index in [-0.39, 0.29) is 40.6 Å². The first-order chi connectivity index (χ1) is 23.6. The van der Waals surface area contributed by atoms with Crippen LogP contribution in [0.2, 0.25) is 0 Å². The van der Waals surface area contributed by atoms with Crippen LogP contribution in [-0.2, 0) is 41.2 Å². The molecule has 50 heavy (non-hydrogen) atoms. The number of hydrogen-bond donors (Lipinski definition) is 9. The average Bonchev–Trinajstić information content (AvgIpc) is 3.77. The first-order valence-corrected chi connectivity index (χ1v) is 18.4. The molecule has 11 N–H and O–H groups in total. The van der Waals surface area contributed by atoms with Gasteiger partial charge in [0.15, 0.2) is 34.8 Å². The van der Waals surface area contributed by atoms with Crippen molar-refractivity contribution < 1.29 is 65.9 Å². The van der Waals surface area contributed by atoms with E-state index in [0.717, 1.165) is 21.8 Å². The lowest BCUT2D eigenvalue weighted by Gasteiger charge is -2.26. The Labute approximate surface area is 277 Å². The molecular weight excluding hydrogens is 741 g/mol. The molecule has 4 aromatic heterocycles. The molecule has 0 radical (unpaired) electrons. The van der Waals surface area contributed by atoms with E-state index in [1.807, 2.05) is 0 Å². The predicted octanol–water partition coefficient (Wildman–Crippen LogP) is -2.42. The number of hydrogen-bond acceptors (Lipinski definition) is 20. The standard InChI is InChI=1S/C21H27N10O16P3/c22-20-26-14-8(16(33)28-20)24-4-30(14)18-10(32)11-7(44-18)3-42-50(39,40)47-12-6(1-2-41-49(37,38)46-11)43-19(13(12)45-48(35)36)31-5-25-9-15(31)27-21(23)29-17(9)34/h4-7,10-13,18-19,32,35-36H,1-3H2,(H,37,38)(H,39,40)(H3,22,26,28,33)(H3,23,27,29,34)/t6-,7-,10+,11?,12?,13+,18-,19-/m1/s1. The maximum absolute atomic E-state index is 13.4. The molecule has 10 atom stereocenters. The Morgan fingerprint density at radius 2 is 1.40 bits per heavy atom. The molecule has 4 unspecified atom stereocenters. The van der Waals surface area contributed by atoms with Crippen LogP contribution in [0.25, 0.3) is 22.3 Å². The van der Waals surface area contributed by atoms with Crippen molar-refractivity contribution in [2.75, 3.05) is 24.7 Å². The Bertz CT molecular complexity index is 2140. The molecule has 26 nitrogen and oxygen atoms in total. The number of rotatable bonds is 4. The van der Waals surface area contributed by atoms with Gasteiger partial charge in [-0.25, -0.2) is 19.1 Å². The number of nitrogens with two attached hydrogens (primary N) is 2. The number of fused-ring (bicyclic) bond motifs is 4. The second-order valence-electron chi connectivity index (χ2n) is 11.0. The molecule has 0 aromatic carbocycles. The van der Waals surface area contributed by atoms with E-state index >= 15 is 0 Å². The van der Waals surface area contributed by atoms with Crippen LogP contribution in [0, 0.1) is 0 Å². The molecule has 4 aromatic rings. The summed E-state index contributed by atoms with van der Waals surface area (Å²) < 4.78 is 66.8. The zero-order valence-electron chi connectivity index (χ0n) is 24.8. The van der Waals surface area contributed by atoms with Gasteiger partial charge in [0.05, 0.1) is 32.0 Å². The minimum absolute atomic E-state index is 0.140. The third-order valence-electron chi connectivity index (χ3n) is 7.83. The summed E-state index contributed by atoms with van der Waals surface area (Å²) >= 11 is 0. The molecule has 3 aliphatic rings. The lowest BCUT2D eigenvalue weighted by molar-refractivity contribution is -0.0545. The molecule has 29 heteroatoms. The molecule has 3 saturated heterocycles. The van der Waals surface area contributed by atoms with E-state index in [9.17, 15) is 43.4 Å². The molecule has 0 saturated carbocycles. The van der Waals surface area contributed by atoms with Gasteiger partial charge in [0.1, 0.15) is 30.5 Å². The Hall–Kier alpha value is -3.29. The third-order valence-corrected chi connectivity index (χ3v) is 10.3. The quantitative estimate of drug-likeness (QED) is 0.0975. The van der Waals surface area contributed by atoms with Crippen molar-refractivity contribution in [3.05, 3.63) is 33.4 Å². The van der Waals surface area contributed by atoms with E-state index in [1.54, 1.807) is 0 Å². The lowest BCUT2D eigenvalue weighted by Crippen LogP contribution is -2.36. The molecule has 3 fully saturated rings. The van der Waals surface area contributed by atoms with E-state index in [0.29, 0.717) is 0 Å². The van der Waals surface area contributed by atoms with E-state index in [4.69, 9.17) is 43.6 Å². The maximum atomic E-state index is 13.4. The van der Waals surface area contributed by atoms with Crippen molar-refractivity contribution in [3.8, 4) is 0 Å². The third kappa shape index (κ3) is 6.61. The summed E-state index contributed by atoms with van der Waals surface area (Å²) in [7, 11) is -13.5. The van der Waals surface area contributed by atoms with Crippen molar-refractivity contribution in [2.45, 2.75) is 55.5 Å². The molecule has 7 heterocycles. The highest BCUT2D eigenvalue weighted by Crippen LogP contribution is 2.54. The summed E-state index contributed by atoms with van der Waals surface area (Å²) in [5, 5.41) is 11.2. The van der Waals surface area contributed by atoms with Crippen molar-refractivity contribution in [3.63, 3.8) is 0 Å². The summed E-state index contributed by atoms with van der Waals surface area (Å²) in [4.78, 5) is 86.2. The number of phosphoric ester groups is 2. The van der Waals surface area contributed by atoms with Crippen LogP contribution in [0.3, 0.4) is 0 Å². The van der Waals surface area contributed by atoms with Crippen LogP contribution >= 0.6 is 24.2 Å². The van der Waals surface area contributed by atoms with Crippen molar-refractivity contribution >= 4 is 58.5 Å². The van der Waals surface area contributed by atoms with E-state index in [1.165, 1.54) is 0 Å². The Morgan fingerprint density at radius 3 is 2.00 bits per heavy atom. The fraction of sp³-hybridized carbons (Fsp3) is 0.524. The topological polar surface area (TPSA) is 379 Å². The zero-order chi connectivity index (χ0) is 35.7. The van der Waals surface area contributed by atoms with Crippen LogP contribution in [-0.4, -0.2) is 114 Å². The maximum Gasteiger partial charge on any atom is 0.472 e. The van der Waals surface area contributed by atoms with Gasteiger partial charge in [0.25, 0.3) is 11.1 Å². The molecule has 3 aliphatic heterocycles. The number of phosphoric acid groups is 2. The van der Waals surface area contributed by atoms with Gasteiger partial charge in [-0.1, -0.05) is 0 Å². The molecular formula is C21H27N10O16P3. The average molecular weight is 768 g/mol. The van der Waals surface area contributed by atoms with Gasteiger partial charge in [0.2, 0.25) is 11.9 Å². The SMILES string of the molecule is Nc1nc2c(ncn2[C@@H]2O[C@@H]3COP(=O)(O)OC4[C@@H](CCOP(=O)(O)OC3[C@@H]2O)O[C@@H](n2cnc3c(=O)[nH]c(N)nc32)[C@H]4OP(O)O)c(=O)[nH]1. The Balaban J connectivity index is 1.20. The van der Waals surface area contributed by atoms with E-state index < -0.39 is 97.7 Å². The highest BCUT2D eigenvalue weighted by Gasteiger charge is 2.54. The number of nitrogens with zero attached hydrogens (tertiary/aromatic N) is 6. The van der Waals surface area contributed by atoms with Gasteiger partial charge in [-0.3, -0.25) is 46.8 Å². The summed E-state index contributed by atoms with van der Waals surface area (Å²) in [5.74, 6) is -0.602. The number of H-pyrrole nitrogens is 2. The smallest absolute Gasteiger partial charge is 0.386 e. The summed E-state index contributed by atoms with van der Waals surface area (Å²) in [6.07, 6.45) is -11.0. The van der Waals surface area contributed by atoms with Crippen molar-refractivity contribution in [1.82, 2.24) is 39.0 Å². The normalized spacial score (nSPS) is 35.5. The monoisotopic (exact) mass is 768 g/mol. The molecule has 7 rings (SSSR count). The minimum Gasteiger partial charge on any atom is -0.386 e. The largest absolute Gasteiger partial charge is 0.472 e. The Kier molecular flexibility index (Phi) is 9.16. The number of anilines is 2.